The van der Waals surface area contributed by atoms with E-state index >= 15 is 0 Å². The minimum Gasteiger partial charge on any atom is -0.484 e. The monoisotopic (exact) mass is 296 g/mol. The van der Waals surface area contributed by atoms with Gasteiger partial charge >= 0.3 is 0 Å². The molecule has 0 aliphatic heterocycles. The highest BCUT2D eigenvalue weighted by Crippen LogP contribution is 2.20. The van der Waals surface area contributed by atoms with Crippen LogP contribution in [0.5, 0.6) is 5.75 Å². The number of nitriles is 1. The summed E-state index contributed by atoms with van der Waals surface area (Å²) < 4.78 is 18.1. The SMILES string of the molecule is N#C/C(=C/c1ccc(OCC(N)=O)cc1)c1ccc(F)cc1. The first-order valence-corrected chi connectivity index (χ1v) is 6.47. The topological polar surface area (TPSA) is 76.1 Å². The van der Waals surface area contributed by atoms with Gasteiger partial charge in [-0.05, 0) is 41.5 Å². The Balaban J connectivity index is 2.18. The van der Waals surface area contributed by atoms with E-state index in [1.165, 1.54) is 12.1 Å². The molecule has 22 heavy (non-hydrogen) atoms. The number of halogens is 1. The maximum atomic E-state index is 12.9. The van der Waals surface area contributed by atoms with Crippen LogP contribution in [0.3, 0.4) is 0 Å². The number of allylic oxidation sites excluding steroid dienone is 1. The van der Waals surface area contributed by atoms with Crippen molar-refractivity contribution in [1.29, 1.82) is 5.26 Å². The van der Waals surface area contributed by atoms with Crippen molar-refractivity contribution >= 4 is 17.6 Å². The molecule has 0 bridgehead atoms. The first-order valence-electron chi connectivity index (χ1n) is 6.47. The molecule has 2 N–H and O–H groups in total. The summed E-state index contributed by atoms with van der Waals surface area (Å²) in [5, 5.41) is 9.22. The summed E-state index contributed by atoms with van der Waals surface area (Å²) in [6.07, 6.45) is 1.69. The van der Waals surface area contributed by atoms with Crippen molar-refractivity contribution in [3.63, 3.8) is 0 Å². The lowest BCUT2D eigenvalue weighted by Gasteiger charge is -2.04. The Kier molecular flexibility index (Phi) is 4.89. The van der Waals surface area contributed by atoms with Crippen molar-refractivity contribution in [2.45, 2.75) is 0 Å². The number of nitrogens with two attached hydrogens (primary N) is 1. The molecule has 2 aromatic rings. The van der Waals surface area contributed by atoms with E-state index in [-0.39, 0.29) is 12.4 Å². The molecule has 1 amide bonds. The summed E-state index contributed by atoms with van der Waals surface area (Å²) in [7, 11) is 0. The lowest BCUT2D eigenvalue weighted by Crippen LogP contribution is -2.19. The third-order valence-electron chi connectivity index (χ3n) is 2.85. The lowest BCUT2D eigenvalue weighted by molar-refractivity contribution is -0.119. The van der Waals surface area contributed by atoms with Gasteiger partial charge in [0.15, 0.2) is 6.61 Å². The maximum absolute atomic E-state index is 12.9. The van der Waals surface area contributed by atoms with Gasteiger partial charge in [-0.3, -0.25) is 4.79 Å². The molecule has 5 heteroatoms. The molecule has 0 aromatic heterocycles. The summed E-state index contributed by atoms with van der Waals surface area (Å²) in [4.78, 5) is 10.6. The zero-order valence-electron chi connectivity index (χ0n) is 11.6. The Bertz CT molecular complexity index is 729. The van der Waals surface area contributed by atoms with Gasteiger partial charge in [-0.25, -0.2) is 4.39 Å². The molecular weight excluding hydrogens is 283 g/mol. The fourth-order valence-corrected chi connectivity index (χ4v) is 1.79. The van der Waals surface area contributed by atoms with Crippen LogP contribution < -0.4 is 10.5 Å². The van der Waals surface area contributed by atoms with E-state index in [0.29, 0.717) is 16.9 Å². The molecule has 110 valence electrons. The van der Waals surface area contributed by atoms with Gasteiger partial charge in [0.1, 0.15) is 11.6 Å². The zero-order valence-corrected chi connectivity index (χ0v) is 11.6. The van der Waals surface area contributed by atoms with E-state index in [9.17, 15) is 14.4 Å². The molecule has 0 atom stereocenters. The number of benzene rings is 2. The Morgan fingerprint density at radius 2 is 1.82 bits per heavy atom. The summed E-state index contributed by atoms with van der Waals surface area (Å²) in [5.74, 6) is -0.389. The van der Waals surface area contributed by atoms with Gasteiger partial charge in [0, 0.05) is 0 Å². The number of hydrogen-bond donors (Lipinski definition) is 1. The highest BCUT2D eigenvalue weighted by molar-refractivity contribution is 5.89. The van der Waals surface area contributed by atoms with Crippen LogP contribution in [-0.4, -0.2) is 12.5 Å². The van der Waals surface area contributed by atoms with Crippen LogP contribution in [0.2, 0.25) is 0 Å². The number of carbonyl (C=O) groups excluding carboxylic acids is 1. The standard InChI is InChI=1S/C17H13FN2O2/c18-15-5-3-13(4-6-15)14(10-19)9-12-1-7-16(8-2-12)22-11-17(20)21/h1-9H,11H2,(H2,20,21)/b14-9-. The number of primary amides is 1. The third-order valence-corrected chi connectivity index (χ3v) is 2.85. The third kappa shape index (κ3) is 4.18. The zero-order chi connectivity index (χ0) is 15.9. The van der Waals surface area contributed by atoms with E-state index in [2.05, 4.69) is 6.07 Å². The molecule has 0 unspecified atom stereocenters. The van der Waals surface area contributed by atoms with E-state index in [4.69, 9.17) is 10.5 Å². The quantitative estimate of drug-likeness (QED) is 0.681. The van der Waals surface area contributed by atoms with Crippen molar-refractivity contribution in [3.8, 4) is 11.8 Å². The van der Waals surface area contributed by atoms with E-state index in [0.717, 1.165) is 5.56 Å². The molecule has 0 saturated carbocycles. The van der Waals surface area contributed by atoms with Crippen LogP contribution in [0.4, 0.5) is 4.39 Å². The molecule has 0 radical (unpaired) electrons. The average Bonchev–Trinajstić information content (AvgIpc) is 2.52. The smallest absolute Gasteiger partial charge is 0.255 e. The second kappa shape index (κ2) is 7.04. The molecule has 0 heterocycles. The summed E-state index contributed by atoms with van der Waals surface area (Å²) in [6, 6.07) is 14.6. The minimum atomic E-state index is -0.549. The highest BCUT2D eigenvalue weighted by Gasteiger charge is 2.02. The normalized spacial score (nSPS) is 10.8. The predicted molar refractivity (Wildman–Crippen MR) is 81.0 cm³/mol. The summed E-state index contributed by atoms with van der Waals surface area (Å²) in [5.41, 5.74) is 6.84. The number of ether oxygens (including phenoxy) is 1. The predicted octanol–water partition coefficient (Wildman–Crippen LogP) is 2.75. The Hall–Kier alpha value is -3.13. The van der Waals surface area contributed by atoms with Crippen molar-refractivity contribution in [3.05, 3.63) is 65.5 Å². The summed E-state index contributed by atoms with van der Waals surface area (Å²) in [6.45, 7) is -0.186. The van der Waals surface area contributed by atoms with Crippen molar-refractivity contribution < 1.29 is 13.9 Å². The van der Waals surface area contributed by atoms with Crippen LogP contribution in [0.15, 0.2) is 48.5 Å². The largest absolute Gasteiger partial charge is 0.484 e. The molecule has 0 spiro atoms. The molecule has 0 aliphatic rings. The van der Waals surface area contributed by atoms with Crippen LogP contribution >= 0.6 is 0 Å². The summed E-state index contributed by atoms with van der Waals surface area (Å²) >= 11 is 0. The minimum absolute atomic E-state index is 0.186. The average molecular weight is 296 g/mol. The van der Waals surface area contributed by atoms with E-state index < -0.39 is 5.91 Å². The first-order chi connectivity index (χ1) is 10.6. The molecular formula is C17H13FN2O2. The van der Waals surface area contributed by atoms with Crippen LogP contribution in [-0.2, 0) is 4.79 Å². The molecule has 0 saturated heterocycles. The van der Waals surface area contributed by atoms with Crippen molar-refractivity contribution in [2.75, 3.05) is 6.61 Å². The number of carbonyl (C=O) groups is 1. The molecule has 4 nitrogen and oxygen atoms in total. The number of amides is 1. The van der Waals surface area contributed by atoms with Crippen LogP contribution in [0.1, 0.15) is 11.1 Å². The molecule has 0 fully saturated rings. The van der Waals surface area contributed by atoms with E-state index in [1.807, 2.05) is 0 Å². The van der Waals surface area contributed by atoms with Crippen molar-refractivity contribution in [2.24, 2.45) is 5.73 Å². The Morgan fingerprint density at radius 1 is 1.18 bits per heavy atom. The van der Waals surface area contributed by atoms with E-state index in [1.54, 1.807) is 42.5 Å². The van der Waals surface area contributed by atoms with Gasteiger partial charge in [0.2, 0.25) is 0 Å². The number of hydrogen-bond acceptors (Lipinski definition) is 3. The highest BCUT2D eigenvalue weighted by atomic mass is 19.1. The fraction of sp³-hybridized carbons (Fsp3) is 0.0588. The molecule has 2 rings (SSSR count). The van der Waals surface area contributed by atoms with Gasteiger partial charge in [0.05, 0.1) is 11.6 Å². The Morgan fingerprint density at radius 3 is 2.36 bits per heavy atom. The van der Waals surface area contributed by atoms with Gasteiger partial charge in [-0.2, -0.15) is 5.26 Å². The Labute approximate surface area is 127 Å². The second-order valence-electron chi connectivity index (χ2n) is 4.50. The fourth-order valence-electron chi connectivity index (χ4n) is 1.79. The number of nitrogens with zero attached hydrogens (tertiary/aromatic N) is 1. The van der Waals surface area contributed by atoms with Crippen LogP contribution in [0, 0.1) is 17.1 Å². The lowest BCUT2D eigenvalue weighted by atomic mass is 10.0. The molecule has 0 aliphatic carbocycles. The maximum Gasteiger partial charge on any atom is 0.255 e. The van der Waals surface area contributed by atoms with Crippen molar-refractivity contribution in [1.82, 2.24) is 0 Å². The number of rotatable bonds is 5. The van der Waals surface area contributed by atoms with Gasteiger partial charge in [-0.15, -0.1) is 0 Å². The molecule has 2 aromatic carbocycles. The van der Waals surface area contributed by atoms with Gasteiger partial charge in [0.25, 0.3) is 5.91 Å². The first kappa shape index (κ1) is 15.3. The second-order valence-corrected chi connectivity index (χ2v) is 4.50. The van der Waals surface area contributed by atoms with Gasteiger partial charge in [-0.1, -0.05) is 24.3 Å². The van der Waals surface area contributed by atoms with Gasteiger partial charge < -0.3 is 10.5 Å². The van der Waals surface area contributed by atoms with Crippen LogP contribution in [0.25, 0.3) is 11.6 Å².